The summed E-state index contributed by atoms with van der Waals surface area (Å²) < 4.78 is 0. The molecule has 0 aliphatic heterocycles. The Morgan fingerprint density at radius 1 is 1.62 bits per heavy atom. The van der Waals surface area contributed by atoms with Crippen LogP contribution in [0.5, 0.6) is 0 Å². The molecule has 0 radical (unpaired) electrons. The van der Waals surface area contributed by atoms with Gasteiger partial charge in [0.25, 0.3) is 0 Å². The molecule has 4 heteroatoms. The summed E-state index contributed by atoms with van der Waals surface area (Å²) in [6.07, 6.45) is 0.886. The minimum absolute atomic E-state index is 0.195. The van der Waals surface area contributed by atoms with E-state index in [4.69, 9.17) is 5.73 Å². The van der Waals surface area contributed by atoms with Crippen LogP contribution in [0.2, 0.25) is 0 Å². The first-order chi connectivity index (χ1) is 6.08. The van der Waals surface area contributed by atoms with E-state index in [9.17, 15) is 0 Å². The lowest BCUT2D eigenvalue weighted by atomic mass is 10.2. The highest BCUT2D eigenvalue weighted by Crippen LogP contribution is 2.10. The lowest BCUT2D eigenvalue weighted by Gasteiger charge is -2.15. The Hall–Kier alpha value is -0.450. The summed E-state index contributed by atoms with van der Waals surface area (Å²) in [6, 6.07) is 0.195. The number of hydrogen-bond acceptors (Lipinski definition) is 4. The molecular formula is C9H17N3S. The van der Waals surface area contributed by atoms with Gasteiger partial charge in [-0.2, -0.15) is 0 Å². The maximum atomic E-state index is 5.94. The molecule has 1 unspecified atom stereocenters. The van der Waals surface area contributed by atoms with E-state index in [0.717, 1.165) is 23.7 Å². The Kier molecular flexibility index (Phi) is 3.84. The molecule has 74 valence electrons. The minimum atomic E-state index is 0.195. The van der Waals surface area contributed by atoms with Crippen molar-refractivity contribution in [3.05, 3.63) is 16.1 Å². The van der Waals surface area contributed by atoms with Crippen LogP contribution < -0.4 is 5.73 Å². The molecular weight excluding hydrogens is 182 g/mol. The third kappa shape index (κ3) is 3.85. The van der Waals surface area contributed by atoms with Crippen molar-refractivity contribution in [2.45, 2.75) is 19.4 Å². The average molecular weight is 199 g/mol. The maximum absolute atomic E-state index is 5.94. The van der Waals surface area contributed by atoms with E-state index in [1.54, 1.807) is 11.3 Å². The highest BCUT2D eigenvalue weighted by molar-refractivity contribution is 7.09. The van der Waals surface area contributed by atoms with Gasteiger partial charge >= 0.3 is 0 Å². The number of thiazole rings is 1. The Morgan fingerprint density at radius 2 is 2.31 bits per heavy atom. The van der Waals surface area contributed by atoms with Crippen LogP contribution in [0.15, 0.2) is 5.38 Å². The smallest absolute Gasteiger partial charge is 0.0944 e. The Labute approximate surface area is 83.6 Å². The number of aromatic nitrogens is 1. The van der Waals surface area contributed by atoms with Gasteiger partial charge in [-0.3, -0.25) is 0 Å². The highest BCUT2D eigenvalue weighted by Gasteiger charge is 2.07. The van der Waals surface area contributed by atoms with Crippen LogP contribution in [0.1, 0.15) is 10.7 Å². The highest BCUT2D eigenvalue weighted by atomic mass is 32.1. The van der Waals surface area contributed by atoms with Gasteiger partial charge in [0.2, 0.25) is 0 Å². The zero-order chi connectivity index (χ0) is 9.84. The van der Waals surface area contributed by atoms with Crippen LogP contribution in [-0.2, 0) is 6.42 Å². The topological polar surface area (TPSA) is 42.1 Å². The van der Waals surface area contributed by atoms with Gasteiger partial charge in [-0.25, -0.2) is 4.98 Å². The van der Waals surface area contributed by atoms with E-state index < -0.39 is 0 Å². The van der Waals surface area contributed by atoms with E-state index in [1.807, 2.05) is 21.0 Å². The molecule has 0 fully saturated rings. The van der Waals surface area contributed by atoms with Crippen molar-refractivity contribution in [1.82, 2.24) is 9.88 Å². The van der Waals surface area contributed by atoms with E-state index in [-0.39, 0.29) is 6.04 Å². The van der Waals surface area contributed by atoms with E-state index in [2.05, 4.69) is 15.3 Å². The van der Waals surface area contributed by atoms with Gasteiger partial charge in [0.1, 0.15) is 0 Å². The van der Waals surface area contributed by atoms with Gasteiger partial charge < -0.3 is 10.6 Å². The van der Waals surface area contributed by atoms with Crippen LogP contribution in [0, 0.1) is 6.92 Å². The lowest BCUT2D eigenvalue weighted by Crippen LogP contribution is -2.34. The molecule has 1 rings (SSSR count). The van der Waals surface area contributed by atoms with Crippen LogP contribution in [0.3, 0.4) is 0 Å². The lowest BCUT2D eigenvalue weighted by molar-refractivity contribution is 0.371. The predicted octanol–water partition coefficient (Wildman–Crippen LogP) is 0.883. The third-order valence-corrected chi connectivity index (χ3v) is 2.69. The Bertz CT molecular complexity index is 257. The van der Waals surface area contributed by atoms with Gasteiger partial charge in [0, 0.05) is 30.1 Å². The second-order valence-corrected chi connectivity index (χ2v) is 4.55. The van der Waals surface area contributed by atoms with Crippen molar-refractivity contribution in [3.63, 3.8) is 0 Å². The molecule has 2 N–H and O–H groups in total. The van der Waals surface area contributed by atoms with Gasteiger partial charge in [0.05, 0.1) is 5.01 Å². The predicted molar refractivity (Wildman–Crippen MR) is 57.1 cm³/mol. The second kappa shape index (κ2) is 4.69. The number of hydrogen-bond donors (Lipinski definition) is 1. The molecule has 0 bridgehead atoms. The molecule has 0 spiro atoms. The molecule has 1 aromatic heterocycles. The molecule has 0 saturated carbocycles. The summed E-state index contributed by atoms with van der Waals surface area (Å²) in [4.78, 5) is 6.48. The fourth-order valence-electron chi connectivity index (χ4n) is 1.25. The van der Waals surface area contributed by atoms with Crippen molar-refractivity contribution in [3.8, 4) is 0 Å². The first-order valence-electron chi connectivity index (χ1n) is 4.39. The van der Waals surface area contributed by atoms with Gasteiger partial charge in [-0.05, 0) is 21.0 Å². The summed E-state index contributed by atoms with van der Waals surface area (Å²) >= 11 is 1.70. The first kappa shape index (κ1) is 10.6. The largest absolute Gasteiger partial charge is 0.326 e. The summed E-state index contributed by atoms with van der Waals surface area (Å²) in [5.41, 5.74) is 7.04. The fourth-order valence-corrected chi connectivity index (χ4v) is 2.12. The van der Waals surface area contributed by atoms with Crippen molar-refractivity contribution in [2.75, 3.05) is 20.6 Å². The number of nitrogens with two attached hydrogens (primary N) is 1. The standard InChI is InChI=1S/C9H17N3S/c1-7-6-13-9(11-7)4-8(10)5-12(2)3/h6,8H,4-5,10H2,1-3H3. The van der Waals surface area contributed by atoms with Crippen LogP contribution in [0.25, 0.3) is 0 Å². The molecule has 0 aromatic carbocycles. The SMILES string of the molecule is Cc1csc(CC(N)CN(C)C)n1. The molecule has 0 saturated heterocycles. The minimum Gasteiger partial charge on any atom is -0.326 e. The van der Waals surface area contributed by atoms with E-state index in [1.165, 1.54) is 0 Å². The number of likely N-dealkylation sites (N-methyl/N-ethyl adjacent to an activating group) is 1. The second-order valence-electron chi connectivity index (χ2n) is 3.61. The number of aryl methyl sites for hydroxylation is 1. The van der Waals surface area contributed by atoms with Crippen molar-refractivity contribution in [2.24, 2.45) is 5.73 Å². The Balaban J connectivity index is 2.40. The molecule has 0 aliphatic carbocycles. The molecule has 13 heavy (non-hydrogen) atoms. The molecule has 3 nitrogen and oxygen atoms in total. The van der Waals surface area contributed by atoms with Gasteiger partial charge in [-0.1, -0.05) is 0 Å². The summed E-state index contributed by atoms with van der Waals surface area (Å²) in [5.74, 6) is 0. The number of nitrogens with zero attached hydrogens (tertiary/aromatic N) is 2. The first-order valence-corrected chi connectivity index (χ1v) is 5.27. The van der Waals surface area contributed by atoms with Crippen LogP contribution >= 0.6 is 11.3 Å². The maximum Gasteiger partial charge on any atom is 0.0944 e. The molecule has 1 heterocycles. The van der Waals surface area contributed by atoms with Crippen LogP contribution in [0.4, 0.5) is 0 Å². The van der Waals surface area contributed by atoms with Gasteiger partial charge in [-0.15, -0.1) is 11.3 Å². The van der Waals surface area contributed by atoms with E-state index >= 15 is 0 Å². The van der Waals surface area contributed by atoms with Crippen LogP contribution in [-0.4, -0.2) is 36.6 Å². The molecule has 1 atom stereocenters. The van der Waals surface area contributed by atoms with Crippen molar-refractivity contribution in [1.29, 1.82) is 0 Å². The molecule has 1 aromatic rings. The van der Waals surface area contributed by atoms with Crippen molar-refractivity contribution >= 4 is 11.3 Å². The molecule has 0 aliphatic rings. The Morgan fingerprint density at radius 3 is 2.77 bits per heavy atom. The number of rotatable bonds is 4. The zero-order valence-corrected chi connectivity index (χ0v) is 9.27. The normalized spacial score (nSPS) is 13.6. The third-order valence-electron chi connectivity index (χ3n) is 1.70. The average Bonchev–Trinajstić information content (AvgIpc) is 2.33. The monoisotopic (exact) mass is 199 g/mol. The van der Waals surface area contributed by atoms with E-state index in [0.29, 0.717) is 0 Å². The fraction of sp³-hybridized carbons (Fsp3) is 0.667. The quantitative estimate of drug-likeness (QED) is 0.783. The summed E-state index contributed by atoms with van der Waals surface area (Å²) in [6.45, 7) is 2.93. The summed E-state index contributed by atoms with van der Waals surface area (Å²) in [5, 5.41) is 3.21. The molecule has 0 amide bonds. The summed E-state index contributed by atoms with van der Waals surface area (Å²) in [7, 11) is 4.07. The van der Waals surface area contributed by atoms with Crippen molar-refractivity contribution < 1.29 is 0 Å². The van der Waals surface area contributed by atoms with Gasteiger partial charge in [0.15, 0.2) is 0 Å². The zero-order valence-electron chi connectivity index (χ0n) is 8.45.